The van der Waals surface area contributed by atoms with Crippen molar-refractivity contribution in [3.8, 4) is 11.5 Å². The maximum Gasteiger partial charge on any atom is 0.310 e. The summed E-state index contributed by atoms with van der Waals surface area (Å²) < 4.78 is 10.9. The molecule has 0 saturated carbocycles. The van der Waals surface area contributed by atoms with Gasteiger partial charge >= 0.3 is 5.97 Å². The van der Waals surface area contributed by atoms with Gasteiger partial charge in [-0.2, -0.15) is 0 Å². The molecule has 1 unspecified atom stereocenters. The topological polar surface area (TPSA) is 55.8 Å². The molecule has 0 radical (unpaired) electrons. The van der Waals surface area contributed by atoms with E-state index in [1.165, 1.54) is 0 Å². The second-order valence-electron chi connectivity index (χ2n) is 4.94. The average molecular weight is 300 g/mol. The molecular weight excluding hydrogens is 280 g/mol. The Kier molecular flexibility index (Phi) is 5.83. The van der Waals surface area contributed by atoms with Gasteiger partial charge in [0.2, 0.25) is 0 Å². The van der Waals surface area contributed by atoms with Crippen LogP contribution in [0.1, 0.15) is 24.3 Å². The predicted molar refractivity (Wildman–Crippen MR) is 84.5 cm³/mol. The highest BCUT2D eigenvalue weighted by atomic mass is 16.5. The molecule has 4 heteroatoms. The number of hydrogen-bond donors (Lipinski definition) is 1. The Morgan fingerprint density at radius 2 is 1.68 bits per heavy atom. The van der Waals surface area contributed by atoms with Crippen LogP contribution in [0.15, 0.2) is 54.6 Å². The fourth-order valence-electron chi connectivity index (χ4n) is 2.33. The zero-order valence-electron chi connectivity index (χ0n) is 12.6. The third-order valence-electron chi connectivity index (χ3n) is 3.46. The van der Waals surface area contributed by atoms with E-state index in [4.69, 9.17) is 9.47 Å². The zero-order valence-corrected chi connectivity index (χ0v) is 12.6. The van der Waals surface area contributed by atoms with E-state index < -0.39 is 11.9 Å². The van der Waals surface area contributed by atoms with Crippen LogP contribution in [-0.2, 0) is 4.79 Å². The summed E-state index contributed by atoms with van der Waals surface area (Å²) in [6, 6.07) is 16.7. The minimum Gasteiger partial charge on any atom is -0.493 e. The van der Waals surface area contributed by atoms with Gasteiger partial charge in [-0.1, -0.05) is 42.5 Å². The first-order valence-corrected chi connectivity index (χ1v) is 7.26. The van der Waals surface area contributed by atoms with Gasteiger partial charge in [0.15, 0.2) is 11.5 Å². The van der Waals surface area contributed by atoms with Crippen molar-refractivity contribution in [3.05, 3.63) is 60.2 Å². The number of ether oxygens (including phenoxy) is 2. The number of carbonyl (C=O) groups is 1. The monoisotopic (exact) mass is 300 g/mol. The van der Waals surface area contributed by atoms with Crippen molar-refractivity contribution in [2.24, 2.45) is 0 Å². The lowest BCUT2D eigenvalue weighted by atomic mass is 9.95. The van der Waals surface area contributed by atoms with Gasteiger partial charge in [-0.15, -0.1) is 0 Å². The first kappa shape index (κ1) is 15.9. The van der Waals surface area contributed by atoms with Gasteiger partial charge in [0.1, 0.15) is 0 Å². The summed E-state index contributed by atoms with van der Waals surface area (Å²) in [6.45, 7) is 0.455. The van der Waals surface area contributed by atoms with Gasteiger partial charge in [0.25, 0.3) is 0 Å². The molecule has 0 amide bonds. The highest BCUT2D eigenvalue weighted by Gasteiger charge is 2.19. The van der Waals surface area contributed by atoms with Crippen LogP contribution in [0.5, 0.6) is 11.5 Å². The molecule has 22 heavy (non-hydrogen) atoms. The molecule has 0 saturated heterocycles. The number of hydrogen-bond acceptors (Lipinski definition) is 3. The van der Waals surface area contributed by atoms with Crippen LogP contribution in [0.4, 0.5) is 0 Å². The Balaban J connectivity index is 1.88. The molecule has 0 bridgehead atoms. The summed E-state index contributed by atoms with van der Waals surface area (Å²) in [4.78, 5) is 11.4. The first-order valence-electron chi connectivity index (χ1n) is 7.26. The number of carboxylic acids is 1. The third kappa shape index (κ3) is 4.25. The van der Waals surface area contributed by atoms with Crippen molar-refractivity contribution < 1.29 is 19.4 Å². The van der Waals surface area contributed by atoms with Crippen LogP contribution in [0, 0.1) is 0 Å². The van der Waals surface area contributed by atoms with Gasteiger partial charge < -0.3 is 14.6 Å². The van der Waals surface area contributed by atoms with Crippen molar-refractivity contribution in [2.75, 3.05) is 13.7 Å². The van der Waals surface area contributed by atoms with Gasteiger partial charge in [-0.25, -0.2) is 0 Å². The molecular formula is C18H20O4. The fraction of sp³-hybridized carbons (Fsp3) is 0.278. The van der Waals surface area contributed by atoms with Gasteiger partial charge in [0, 0.05) is 0 Å². The van der Waals surface area contributed by atoms with E-state index >= 15 is 0 Å². The lowest BCUT2D eigenvalue weighted by molar-refractivity contribution is -0.139. The number of methoxy groups -OCH3 is 1. The fourth-order valence-corrected chi connectivity index (χ4v) is 2.33. The summed E-state index contributed by atoms with van der Waals surface area (Å²) in [5, 5.41) is 9.36. The van der Waals surface area contributed by atoms with E-state index in [0.29, 0.717) is 30.9 Å². The quantitative estimate of drug-likeness (QED) is 0.755. The number of carboxylic acid groups (broad SMARTS) is 1. The van der Waals surface area contributed by atoms with Crippen molar-refractivity contribution in [2.45, 2.75) is 18.8 Å². The van der Waals surface area contributed by atoms with E-state index in [0.717, 1.165) is 5.56 Å². The zero-order chi connectivity index (χ0) is 15.8. The van der Waals surface area contributed by atoms with Crippen LogP contribution in [0.25, 0.3) is 0 Å². The standard InChI is InChI=1S/C18H20O4/c1-21-16-11-5-6-12-17(16)22-13-7-10-15(18(19)20)14-8-3-2-4-9-14/h2-6,8-9,11-12,15H,7,10,13H2,1H3,(H,19,20). The summed E-state index contributed by atoms with van der Waals surface area (Å²) in [5.41, 5.74) is 0.826. The first-order chi connectivity index (χ1) is 10.7. The Morgan fingerprint density at radius 1 is 1.05 bits per heavy atom. The molecule has 0 aromatic heterocycles. The Hall–Kier alpha value is -2.49. The van der Waals surface area contributed by atoms with Gasteiger partial charge in [0.05, 0.1) is 19.6 Å². The summed E-state index contributed by atoms with van der Waals surface area (Å²) >= 11 is 0. The number of benzene rings is 2. The smallest absolute Gasteiger partial charge is 0.310 e. The normalized spacial score (nSPS) is 11.7. The number of para-hydroxylation sites is 2. The molecule has 0 heterocycles. The van der Waals surface area contributed by atoms with E-state index in [1.54, 1.807) is 7.11 Å². The molecule has 2 aromatic rings. The van der Waals surface area contributed by atoms with Gasteiger partial charge in [-0.05, 0) is 30.5 Å². The van der Waals surface area contributed by atoms with Crippen LogP contribution in [0.3, 0.4) is 0 Å². The SMILES string of the molecule is COc1ccccc1OCCCC(C(=O)O)c1ccccc1. The van der Waals surface area contributed by atoms with Crippen LogP contribution < -0.4 is 9.47 Å². The third-order valence-corrected chi connectivity index (χ3v) is 3.46. The lowest BCUT2D eigenvalue weighted by Gasteiger charge is -2.14. The minimum absolute atomic E-state index is 0.455. The number of rotatable bonds is 8. The largest absolute Gasteiger partial charge is 0.493 e. The van der Waals surface area contributed by atoms with Crippen LogP contribution in [0.2, 0.25) is 0 Å². The second kappa shape index (κ2) is 8.08. The maximum absolute atomic E-state index is 11.4. The van der Waals surface area contributed by atoms with E-state index in [1.807, 2.05) is 54.6 Å². The molecule has 2 aromatic carbocycles. The van der Waals surface area contributed by atoms with E-state index in [2.05, 4.69) is 0 Å². The highest BCUT2D eigenvalue weighted by Crippen LogP contribution is 2.27. The van der Waals surface area contributed by atoms with Crippen molar-refractivity contribution >= 4 is 5.97 Å². The minimum atomic E-state index is -0.802. The molecule has 0 fully saturated rings. The molecule has 0 aliphatic heterocycles. The highest BCUT2D eigenvalue weighted by molar-refractivity contribution is 5.75. The van der Waals surface area contributed by atoms with Crippen molar-refractivity contribution in [1.82, 2.24) is 0 Å². The maximum atomic E-state index is 11.4. The van der Waals surface area contributed by atoms with Crippen LogP contribution in [-0.4, -0.2) is 24.8 Å². The van der Waals surface area contributed by atoms with Crippen molar-refractivity contribution in [1.29, 1.82) is 0 Å². The Bertz CT molecular complexity index is 595. The molecule has 0 spiro atoms. The van der Waals surface area contributed by atoms with E-state index in [-0.39, 0.29) is 0 Å². The second-order valence-corrected chi connectivity index (χ2v) is 4.94. The predicted octanol–water partition coefficient (Wildman–Crippen LogP) is 3.72. The molecule has 2 rings (SSSR count). The van der Waals surface area contributed by atoms with Gasteiger partial charge in [-0.3, -0.25) is 4.79 Å². The molecule has 4 nitrogen and oxygen atoms in total. The molecule has 116 valence electrons. The number of aliphatic carboxylic acids is 1. The Labute approximate surface area is 130 Å². The lowest BCUT2D eigenvalue weighted by Crippen LogP contribution is -2.13. The molecule has 0 aliphatic rings. The molecule has 1 N–H and O–H groups in total. The summed E-state index contributed by atoms with van der Waals surface area (Å²) in [6.07, 6.45) is 1.19. The molecule has 1 atom stereocenters. The summed E-state index contributed by atoms with van der Waals surface area (Å²) in [7, 11) is 1.60. The Morgan fingerprint density at radius 3 is 2.32 bits per heavy atom. The summed E-state index contributed by atoms with van der Waals surface area (Å²) in [5.74, 6) is 0.0582. The average Bonchev–Trinajstić information content (AvgIpc) is 2.55. The van der Waals surface area contributed by atoms with Crippen molar-refractivity contribution in [3.63, 3.8) is 0 Å². The van der Waals surface area contributed by atoms with Crippen LogP contribution >= 0.6 is 0 Å². The van der Waals surface area contributed by atoms with E-state index in [9.17, 15) is 9.90 Å². The molecule has 0 aliphatic carbocycles.